The summed E-state index contributed by atoms with van der Waals surface area (Å²) >= 11 is 0. The van der Waals surface area contributed by atoms with Crippen LogP contribution in [0.15, 0.2) is 29.2 Å². The van der Waals surface area contributed by atoms with E-state index in [0.29, 0.717) is 6.42 Å². The number of carbonyl (C=O) groups is 1. The summed E-state index contributed by atoms with van der Waals surface area (Å²) in [6.45, 7) is 1.96. The largest absolute Gasteiger partial charge is 0.449 e. The van der Waals surface area contributed by atoms with Crippen LogP contribution in [0.3, 0.4) is 0 Å². The van der Waals surface area contributed by atoms with Crippen molar-refractivity contribution < 1.29 is 22.9 Å². The summed E-state index contributed by atoms with van der Waals surface area (Å²) in [6, 6.07) is 4.73. The van der Waals surface area contributed by atoms with Crippen LogP contribution in [-0.2, 0) is 14.8 Å². The van der Waals surface area contributed by atoms with Gasteiger partial charge in [-0.25, -0.2) is 17.9 Å². The fourth-order valence-corrected chi connectivity index (χ4v) is 2.40. The predicted molar refractivity (Wildman–Crippen MR) is 69.7 cm³/mol. The van der Waals surface area contributed by atoms with Gasteiger partial charge in [0.25, 0.3) is 15.7 Å². The lowest BCUT2D eigenvalue weighted by Gasteiger charge is -2.07. The molecule has 1 N–H and O–H groups in total. The van der Waals surface area contributed by atoms with Crippen molar-refractivity contribution in [1.29, 1.82) is 0 Å². The molecule has 0 bridgehead atoms. The maximum absolute atomic E-state index is 11.9. The van der Waals surface area contributed by atoms with Crippen molar-refractivity contribution in [3.05, 3.63) is 34.4 Å². The molecule has 0 aliphatic carbocycles. The minimum absolute atomic E-state index is 0.0781. The Balaban J connectivity index is 2.89. The first-order chi connectivity index (χ1) is 9.38. The molecule has 20 heavy (non-hydrogen) atoms. The Morgan fingerprint density at radius 2 is 2.05 bits per heavy atom. The summed E-state index contributed by atoms with van der Waals surface area (Å²) in [5, 5.41) is 10.8. The van der Waals surface area contributed by atoms with Crippen molar-refractivity contribution in [2.75, 3.05) is 6.61 Å². The van der Waals surface area contributed by atoms with Crippen molar-refractivity contribution in [3.63, 3.8) is 0 Å². The lowest BCUT2D eigenvalue weighted by Crippen LogP contribution is -2.31. The standard InChI is InChI=1S/C11H14N2O6S/c1-2-3-8-19-11(14)12-20(17,18)10-7-5-4-6-9(10)13(15)16/h4-7H,2-3,8H2,1H3,(H,12,14). The van der Waals surface area contributed by atoms with E-state index in [4.69, 9.17) is 0 Å². The van der Waals surface area contributed by atoms with E-state index in [0.717, 1.165) is 18.6 Å². The molecule has 0 saturated carbocycles. The molecule has 1 aromatic rings. The Hall–Kier alpha value is -2.16. The minimum atomic E-state index is -4.34. The summed E-state index contributed by atoms with van der Waals surface area (Å²) in [6.07, 6.45) is 0.222. The number of benzene rings is 1. The van der Waals surface area contributed by atoms with Crippen molar-refractivity contribution >= 4 is 21.8 Å². The number of nitro groups is 1. The van der Waals surface area contributed by atoms with Crippen molar-refractivity contribution in [3.8, 4) is 0 Å². The number of hydrogen-bond acceptors (Lipinski definition) is 6. The van der Waals surface area contributed by atoms with Crippen LogP contribution in [-0.4, -0.2) is 26.0 Å². The molecular weight excluding hydrogens is 288 g/mol. The number of unbranched alkanes of at least 4 members (excludes halogenated alkanes) is 1. The van der Waals surface area contributed by atoms with Gasteiger partial charge in [0.05, 0.1) is 11.5 Å². The van der Waals surface area contributed by atoms with Crippen molar-refractivity contribution in [2.45, 2.75) is 24.7 Å². The zero-order valence-corrected chi connectivity index (χ0v) is 11.6. The number of nitrogens with one attached hydrogen (secondary N) is 1. The highest BCUT2D eigenvalue weighted by molar-refractivity contribution is 7.90. The average molecular weight is 302 g/mol. The molecule has 0 fully saturated rings. The SMILES string of the molecule is CCCCOC(=O)NS(=O)(=O)c1ccccc1[N+](=O)[O-]. The third-order valence-electron chi connectivity index (χ3n) is 2.30. The van der Waals surface area contributed by atoms with Crippen LogP contribution in [0.5, 0.6) is 0 Å². The number of hydrogen-bond donors (Lipinski definition) is 1. The Labute approximate surface area is 115 Å². The summed E-state index contributed by atoms with van der Waals surface area (Å²) < 4.78 is 30.0. The van der Waals surface area contributed by atoms with E-state index in [2.05, 4.69) is 4.74 Å². The highest BCUT2D eigenvalue weighted by Gasteiger charge is 2.27. The van der Waals surface area contributed by atoms with Gasteiger partial charge in [0.15, 0.2) is 4.90 Å². The van der Waals surface area contributed by atoms with Gasteiger partial charge >= 0.3 is 6.09 Å². The third kappa shape index (κ3) is 4.19. The first-order valence-electron chi connectivity index (χ1n) is 5.81. The molecule has 0 unspecified atom stereocenters. The van der Waals surface area contributed by atoms with Crippen LogP contribution in [0.2, 0.25) is 0 Å². The number of sulfonamides is 1. The van der Waals surface area contributed by atoms with Crippen LogP contribution >= 0.6 is 0 Å². The molecule has 1 amide bonds. The average Bonchev–Trinajstić information content (AvgIpc) is 2.38. The topological polar surface area (TPSA) is 116 Å². The molecule has 110 valence electrons. The van der Waals surface area contributed by atoms with Gasteiger partial charge in [0.1, 0.15) is 0 Å². The fourth-order valence-electron chi connectivity index (χ4n) is 1.34. The number of carbonyl (C=O) groups excluding carboxylic acids is 1. The molecule has 0 spiro atoms. The van der Waals surface area contributed by atoms with Gasteiger partial charge in [0, 0.05) is 6.07 Å². The Morgan fingerprint density at radius 1 is 1.40 bits per heavy atom. The van der Waals surface area contributed by atoms with E-state index < -0.39 is 31.6 Å². The van der Waals surface area contributed by atoms with Gasteiger partial charge in [-0.15, -0.1) is 0 Å². The summed E-state index contributed by atoms with van der Waals surface area (Å²) in [5.41, 5.74) is -0.610. The highest BCUT2D eigenvalue weighted by Crippen LogP contribution is 2.22. The monoisotopic (exact) mass is 302 g/mol. The number of rotatable bonds is 6. The molecule has 0 aromatic heterocycles. The Bertz CT molecular complexity index is 599. The van der Waals surface area contributed by atoms with E-state index in [1.54, 1.807) is 4.72 Å². The zero-order valence-electron chi connectivity index (χ0n) is 10.7. The lowest BCUT2D eigenvalue weighted by molar-refractivity contribution is -0.387. The molecule has 0 aliphatic rings. The smallest absolute Gasteiger partial charge is 0.421 e. The summed E-state index contributed by atoms with van der Waals surface area (Å²) in [4.78, 5) is 20.6. The van der Waals surface area contributed by atoms with Crippen LogP contribution in [0, 0.1) is 10.1 Å². The normalized spacial score (nSPS) is 10.8. The molecule has 0 atom stereocenters. The van der Waals surface area contributed by atoms with Crippen molar-refractivity contribution in [1.82, 2.24) is 4.72 Å². The van der Waals surface area contributed by atoms with Crippen LogP contribution < -0.4 is 4.72 Å². The van der Waals surface area contributed by atoms with Gasteiger partial charge in [-0.1, -0.05) is 25.5 Å². The first kappa shape index (κ1) is 15.9. The maximum Gasteiger partial charge on any atom is 0.421 e. The van der Waals surface area contributed by atoms with E-state index in [-0.39, 0.29) is 6.61 Å². The molecule has 1 aromatic carbocycles. The molecule has 9 heteroatoms. The van der Waals surface area contributed by atoms with E-state index in [1.165, 1.54) is 12.1 Å². The number of nitrogens with zero attached hydrogens (tertiary/aromatic N) is 1. The second-order valence-electron chi connectivity index (χ2n) is 3.82. The van der Waals surface area contributed by atoms with Gasteiger partial charge in [0.2, 0.25) is 0 Å². The van der Waals surface area contributed by atoms with Crippen LogP contribution in [0.4, 0.5) is 10.5 Å². The quantitative estimate of drug-likeness (QED) is 0.486. The first-order valence-corrected chi connectivity index (χ1v) is 7.29. The lowest BCUT2D eigenvalue weighted by atomic mass is 10.3. The molecule has 8 nitrogen and oxygen atoms in total. The molecule has 0 aliphatic heterocycles. The van der Waals surface area contributed by atoms with Gasteiger partial charge in [-0.3, -0.25) is 10.1 Å². The van der Waals surface area contributed by atoms with Gasteiger partial charge in [-0.05, 0) is 12.5 Å². The Morgan fingerprint density at radius 3 is 2.65 bits per heavy atom. The maximum atomic E-state index is 11.9. The summed E-state index contributed by atoms with van der Waals surface area (Å²) in [7, 11) is -4.34. The summed E-state index contributed by atoms with van der Waals surface area (Å²) in [5.74, 6) is 0. The number of nitro benzene ring substituents is 1. The Kier molecular flexibility index (Phi) is 5.44. The second kappa shape index (κ2) is 6.85. The number of para-hydroxylation sites is 1. The number of ether oxygens (including phenoxy) is 1. The number of amides is 1. The van der Waals surface area contributed by atoms with E-state index in [9.17, 15) is 23.3 Å². The molecule has 1 rings (SSSR count). The zero-order chi connectivity index (χ0) is 15.2. The van der Waals surface area contributed by atoms with Gasteiger partial charge < -0.3 is 4.74 Å². The highest BCUT2D eigenvalue weighted by atomic mass is 32.2. The van der Waals surface area contributed by atoms with E-state index in [1.807, 2.05) is 6.92 Å². The van der Waals surface area contributed by atoms with Crippen LogP contribution in [0.25, 0.3) is 0 Å². The van der Waals surface area contributed by atoms with Gasteiger partial charge in [-0.2, -0.15) is 0 Å². The minimum Gasteiger partial charge on any atom is -0.449 e. The van der Waals surface area contributed by atoms with Crippen molar-refractivity contribution in [2.24, 2.45) is 0 Å². The van der Waals surface area contributed by atoms with Crippen LogP contribution in [0.1, 0.15) is 19.8 Å². The molecule has 0 saturated heterocycles. The fraction of sp³-hybridized carbons (Fsp3) is 0.364. The van der Waals surface area contributed by atoms with E-state index >= 15 is 0 Å². The third-order valence-corrected chi connectivity index (χ3v) is 3.66. The second-order valence-corrected chi connectivity index (χ2v) is 5.47. The molecular formula is C11H14N2O6S. The molecule has 0 heterocycles. The molecule has 0 radical (unpaired) electrons. The predicted octanol–water partition coefficient (Wildman–Crippen LogP) is 1.81.